The van der Waals surface area contributed by atoms with Gasteiger partial charge in [-0.15, -0.1) is 0 Å². The monoisotopic (exact) mass is 322 g/mol. The maximum atomic E-state index is 12.4. The lowest BCUT2D eigenvalue weighted by molar-refractivity contribution is -0.0173. The van der Waals surface area contributed by atoms with Gasteiger partial charge in [0.1, 0.15) is 0 Å². The SMILES string of the molecule is COCCN(Cc1ccccn1)C(=O)NC[C@@H]1CN(C)CCO1. The molecule has 2 amide bonds. The van der Waals surface area contributed by atoms with Crippen LogP contribution in [0.25, 0.3) is 0 Å². The molecule has 0 radical (unpaired) electrons. The molecule has 23 heavy (non-hydrogen) atoms. The highest BCUT2D eigenvalue weighted by Crippen LogP contribution is 2.04. The molecule has 0 bridgehead atoms. The van der Waals surface area contributed by atoms with E-state index in [2.05, 4.69) is 22.2 Å². The van der Waals surface area contributed by atoms with Crippen LogP contribution in [0.1, 0.15) is 5.69 Å². The lowest BCUT2D eigenvalue weighted by Gasteiger charge is -2.31. The Morgan fingerprint density at radius 1 is 1.57 bits per heavy atom. The van der Waals surface area contributed by atoms with E-state index in [9.17, 15) is 4.79 Å². The highest BCUT2D eigenvalue weighted by atomic mass is 16.5. The number of methoxy groups -OCH3 is 1. The Kier molecular flexibility index (Phi) is 7.25. The topological polar surface area (TPSA) is 66.9 Å². The third kappa shape index (κ3) is 6.13. The number of carbonyl (C=O) groups is 1. The van der Waals surface area contributed by atoms with Gasteiger partial charge in [0.15, 0.2) is 0 Å². The predicted molar refractivity (Wildman–Crippen MR) is 87.2 cm³/mol. The van der Waals surface area contributed by atoms with Crippen molar-refractivity contribution in [1.82, 2.24) is 20.1 Å². The van der Waals surface area contributed by atoms with Crippen molar-refractivity contribution in [3.05, 3.63) is 30.1 Å². The number of carbonyl (C=O) groups excluding carboxylic acids is 1. The summed E-state index contributed by atoms with van der Waals surface area (Å²) in [5.74, 6) is 0. The summed E-state index contributed by atoms with van der Waals surface area (Å²) in [6.07, 6.45) is 1.77. The molecule has 0 aliphatic carbocycles. The van der Waals surface area contributed by atoms with Gasteiger partial charge in [-0.3, -0.25) is 4.98 Å². The fourth-order valence-corrected chi connectivity index (χ4v) is 2.44. The van der Waals surface area contributed by atoms with Gasteiger partial charge in [-0.25, -0.2) is 4.79 Å². The second-order valence-corrected chi connectivity index (χ2v) is 5.68. The van der Waals surface area contributed by atoms with Crippen LogP contribution in [0.15, 0.2) is 24.4 Å². The van der Waals surface area contributed by atoms with Crippen molar-refractivity contribution < 1.29 is 14.3 Å². The fraction of sp³-hybridized carbons (Fsp3) is 0.625. The van der Waals surface area contributed by atoms with Crippen molar-refractivity contribution in [1.29, 1.82) is 0 Å². The molecule has 0 unspecified atom stereocenters. The molecule has 2 heterocycles. The predicted octanol–water partition coefficient (Wildman–Crippen LogP) is 0.570. The summed E-state index contributed by atoms with van der Waals surface area (Å²) < 4.78 is 10.8. The number of likely N-dealkylation sites (N-methyl/N-ethyl adjacent to an activating group) is 1. The first-order valence-corrected chi connectivity index (χ1v) is 7.91. The van der Waals surface area contributed by atoms with Crippen LogP contribution in [-0.4, -0.2) is 80.5 Å². The first-order valence-electron chi connectivity index (χ1n) is 7.91. The summed E-state index contributed by atoms with van der Waals surface area (Å²) in [6.45, 7) is 4.45. The Labute approximate surface area is 137 Å². The average molecular weight is 322 g/mol. The molecule has 1 aromatic rings. The summed E-state index contributed by atoms with van der Waals surface area (Å²) >= 11 is 0. The fourth-order valence-electron chi connectivity index (χ4n) is 2.44. The third-order valence-electron chi connectivity index (χ3n) is 3.75. The number of ether oxygens (including phenoxy) is 2. The Hall–Kier alpha value is -1.70. The number of aromatic nitrogens is 1. The van der Waals surface area contributed by atoms with Crippen molar-refractivity contribution in [3.8, 4) is 0 Å². The van der Waals surface area contributed by atoms with E-state index < -0.39 is 0 Å². The number of hydrogen-bond donors (Lipinski definition) is 1. The zero-order valence-corrected chi connectivity index (χ0v) is 13.9. The summed E-state index contributed by atoms with van der Waals surface area (Å²) in [5.41, 5.74) is 0.854. The first-order chi connectivity index (χ1) is 11.2. The maximum absolute atomic E-state index is 12.4. The zero-order chi connectivity index (χ0) is 16.5. The second-order valence-electron chi connectivity index (χ2n) is 5.68. The minimum Gasteiger partial charge on any atom is -0.383 e. The van der Waals surface area contributed by atoms with E-state index >= 15 is 0 Å². The second kappa shape index (κ2) is 9.44. The van der Waals surface area contributed by atoms with Crippen molar-refractivity contribution in [3.63, 3.8) is 0 Å². The van der Waals surface area contributed by atoms with Gasteiger partial charge in [0.2, 0.25) is 0 Å². The largest absolute Gasteiger partial charge is 0.383 e. The smallest absolute Gasteiger partial charge is 0.317 e. The molecule has 0 spiro atoms. The van der Waals surface area contributed by atoms with Crippen molar-refractivity contribution in [2.45, 2.75) is 12.6 Å². The zero-order valence-electron chi connectivity index (χ0n) is 13.9. The van der Waals surface area contributed by atoms with Gasteiger partial charge in [-0.1, -0.05) is 6.07 Å². The number of rotatable bonds is 7. The number of pyridine rings is 1. The Balaban J connectivity index is 1.85. The van der Waals surface area contributed by atoms with Gasteiger partial charge in [-0.05, 0) is 19.2 Å². The number of morpholine rings is 1. The lowest BCUT2D eigenvalue weighted by Crippen LogP contribution is -2.49. The van der Waals surface area contributed by atoms with Crippen LogP contribution in [0.2, 0.25) is 0 Å². The molecule has 128 valence electrons. The highest BCUT2D eigenvalue weighted by molar-refractivity contribution is 5.74. The number of urea groups is 1. The standard InChI is InChI=1S/C16H26N4O3/c1-19-7-10-23-15(13-19)11-18-16(21)20(8-9-22-2)12-14-5-3-4-6-17-14/h3-6,15H,7-13H2,1-2H3,(H,18,21)/t15-/m1/s1. The number of amides is 2. The van der Waals surface area contributed by atoms with Crippen LogP contribution in [-0.2, 0) is 16.0 Å². The Morgan fingerprint density at radius 3 is 3.13 bits per heavy atom. The minimum absolute atomic E-state index is 0.0387. The van der Waals surface area contributed by atoms with Gasteiger partial charge in [0.05, 0.1) is 31.6 Å². The summed E-state index contributed by atoms with van der Waals surface area (Å²) in [6, 6.07) is 5.57. The molecule has 1 N–H and O–H groups in total. The van der Waals surface area contributed by atoms with E-state index in [1.165, 1.54) is 0 Å². The van der Waals surface area contributed by atoms with Crippen LogP contribution in [0.4, 0.5) is 4.79 Å². The molecule has 1 atom stereocenters. The van der Waals surface area contributed by atoms with Crippen LogP contribution in [0.3, 0.4) is 0 Å². The number of nitrogens with one attached hydrogen (secondary N) is 1. The summed E-state index contributed by atoms with van der Waals surface area (Å²) in [4.78, 5) is 20.6. The minimum atomic E-state index is -0.121. The van der Waals surface area contributed by atoms with Crippen LogP contribution >= 0.6 is 0 Å². The number of hydrogen-bond acceptors (Lipinski definition) is 5. The molecular formula is C16H26N4O3. The normalized spacial score (nSPS) is 18.6. The van der Waals surface area contributed by atoms with Gasteiger partial charge < -0.3 is 24.6 Å². The molecule has 1 fully saturated rings. The van der Waals surface area contributed by atoms with E-state index in [4.69, 9.17) is 9.47 Å². The molecule has 1 aromatic heterocycles. The molecule has 7 heteroatoms. The van der Waals surface area contributed by atoms with Gasteiger partial charge >= 0.3 is 6.03 Å². The Morgan fingerprint density at radius 2 is 2.43 bits per heavy atom. The van der Waals surface area contributed by atoms with E-state index in [-0.39, 0.29) is 12.1 Å². The van der Waals surface area contributed by atoms with Crippen molar-refractivity contribution in [2.24, 2.45) is 0 Å². The first kappa shape index (κ1) is 17.7. The number of nitrogens with zero attached hydrogens (tertiary/aromatic N) is 3. The highest BCUT2D eigenvalue weighted by Gasteiger charge is 2.20. The lowest BCUT2D eigenvalue weighted by atomic mass is 10.3. The van der Waals surface area contributed by atoms with Gasteiger partial charge in [0, 0.05) is 39.5 Å². The third-order valence-corrected chi connectivity index (χ3v) is 3.75. The van der Waals surface area contributed by atoms with Crippen molar-refractivity contribution in [2.75, 3.05) is 53.6 Å². The van der Waals surface area contributed by atoms with Gasteiger partial charge in [-0.2, -0.15) is 0 Å². The molecule has 0 aromatic carbocycles. The van der Waals surface area contributed by atoms with E-state index in [1.807, 2.05) is 18.2 Å². The van der Waals surface area contributed by atoms with Gasteiger partial charge in [0.25, 0.3) is 0 Å². The average Bonchev–Trinajstić information content (AvgIpc) is 2.57. The maximum Gasteiger partial charge on any atom is 0.317 e. The molecule has 1 aliphatic rings. The molecule has 0 saturated carbocycles. The van der Waals surface area contributed by atoms with Crippen LogP contribution < -0.4 is 5.32 Å². The quantitative estimate of drug-likeness (QED) is 0.795. The van der Waals surface area contributed by atoms with Crippen LogP contribution in [0, 0.1) is 0 Å². The van der Waals surface area contributed by atoms with E-state index in [1.54, 1.807) is 18.2 Å². The van der Waals surface area contributed by atoms with Crippen molar-refractivity contribution >= 4 is 6.03 Å². The molecule has 2 rings (SSSR count). The van der Waals surface area contributed by atoms with E-state index in [0.29, 0.717) is 32.8 Å². The van der Waals surface area contributed by atoms with Crippen LogP contribution in [0.5, 0.6) is 0 Å². The summed E-state index contributed by atoms with van der Waals surface area (Å²) in [7, 11) is 3.69. The molecule has 7 nitrogen and oxygen atoms in total. The molecule has 1 aliphatic heterocycles. The molecular weight excluding hydrogens is 296 g/mol. The van der Waals surface area contributed by atoms with E-state index in [0.717, 1.165) is 18.8 Å². The molecule has 1 saturated heterocycles. The summed E-state index contributed by atoms with van der Waals surface area (Å²) in [5, 5.41) is 2.95. The Bertz CT molecular complexity index is 472.